The molecule has 92 valence electrons. The van der Waals surface area contributed by atoms with Crippen molar-refractivity contribution in [1.29, 1.82) is 10.5 Å². The van der Waals surface area contributed by atoms with E-state index in [1.807, 2.05) is 0 Å². The van der Waals surface area contributed by atoms with Gasteiger partial charge in [0.2, 0.25) is 0 Å². The Morgan fingerprint density at radius 2 is 1.41 bits per heavy atom. The molecule has 0 aromatic carbocycles. The molecular weight excluding hydrogens is 208 g/mol. The molecule has 0 unspecified atom stereocenters. The summed E-state index contributed by atoms with van der Waals surface area (Å²) in [4.78, 5) is 0. The van der Waals surface area contributed by atoms with Gasteiger partial charge in [-0.2, -0.15) is 10.5 Å². The van der Waals surface area contributed by atoms with E-state index in [0.717, 1.165) is 37.5 Å². The molecule has 0 bridgehead atoms. The second-order valence-electron chi connectivity index (χ2n) is 6.25. The van der Waals surface area contributed by atoms with Crippen molar-refractivity contribution in [3.8, 4) is 12.1 Å². The lowest BCUT2D eigenvalue weighted by Crippen LogP contribution is -2.29. The molecule has 2 nitrogen and oxygen atoms in total. The lowest BCUT2D eigenvalue weighted by molar-refractivity contribution is 0.138. The Kier molecular flexibility index (Phi) is 3.72. The van der Waals surface area contributed by atoms with Crippen LogP contribution in [0.1, 0.15) is 58.3 Å². The van der Waals surface area contributed by atoms with Crippen LogP contribution in [0.3, 0.4) is 0 Å². The van der Waals surface area contributed by atoms with Gasteiger partial charge in [-0.1, -0.05) is 0 Å². The van der Waals surface area contributed by atoms with Crippen molar-refractivity contribution in [2.45, 2.75) is 58.3 Å². The zero-order valence-electron chi connectivity index (χ0n) is 10.8. The third kappa shape index (κ3) is 2.81. The van der Waals surface area contributed by atoms with Crippen molar-refractivity contribution in [1.82, 2.24) is 0 Å². The molecule has 0 saturated heterocycles. The van der Waals surface area contributed by atoms with Gasteiger partial charge in [-0.25, -0.2) is 0 Å². The zero-order chi connectivity index (χ0) is 12.3. The van der Waals surface area contributed by atoms with E-state index in [0.29, 0.717) is 5.92 Å². The third-order valence-corrected chi connectivity index (χ3v) is 5.02. The maximum Gasteiger partial charge on any atom is 0.0686 e. The monoisotopic (exact) mass is 230 g/mol. The molecule has 2 aliphatic carbocycles. The SMILES string of the molecule is CC1(C#N)CCC(C2CCC(C#N)CC2)CC1. The lowest BCUT2D eigenvalue weighted by atomic mass is 9.65. The van der Waals surface area contributed by atoms with Crippen LogP contribution in [0.2, 0.25) is 0 Å². The maximum atomic E-state index is 9.13. The summed E-state index contributed by atoms with van der Waals surface area (Å²) in [6.45, 7) is 2.11. The van der Waals surface area contributed by atoms with E-state index in [1.165, 1.54) is 25.7 Å². The van der Waals surface area contributed by atoms with E-state index in [1.54, 1.807) is 0 Å². The maximum absolute atomic E-state index is 9.13. The fourth-order valence-corrected chi connectivity index (χ4v) is 3.58. The highest BCUT2D eigenvalue weighted by atomic mass is 14.4. The highest BCUT2D eigenvalue weighted by Crippen LogP contribution is 2.45. The highest BCUT2D eigenvalue weighted by molar-refractivity contribution is 4.99. The molecular formula is C15H22N2. The summed E-state index contributed by atoms with van der Waals surface area (Å²) in [6, 6.07) is 4.88. The average Bonchev–Trinajstić information content (AvgIpc) is 2.40. The average molecular weight is 230 g/mol. The van der Waals surface area contributed by atoms with E-state index in [-0.39, 0.29) is 5.41 Å². The van der Waals surface area contributed by atoms with E-state index in [4.69, 9.17) is 10.5 Å². The Morgan fingerprint density at radius 1 is 0.882 bits per heavy atom. The second-order valence-corrected chi connectivity index (χ2v) is 6.25. The minimum Gasteiger partial charge on any atom is -0.198 e. The second kappa shape index (κ2) is 5.09. The molecule has 0 aliphatic heterocycles. The Bertz CT molecular complexity index is 331. The van der Waals surface area contributed by atoms with E-state index in [2.05, 4.69) is 19.1 Å². The predicted octanol–water partition coefficient (Wildman–Crippen LogP) is 4.04. The number of hydrogen-bond acceptors (Lipinski definition) is 2. The number of rotatable bonds is 1. The van der Waals surface area contributed by atoms with Gasteiger partial charge >= 0.3 is 0 Å². The van der Waals surface area contributed by atoms with Crippen molar-refractivity contribution in [2.75, 3.05) is 0 Å². The molecule has 2 aliphatic rings. The third-order valence-electron chi connectivity index (χ3n) is 5.02. The molecule has 0 N–H and O–H groups in total. The Balaban J connectivity index is 1.83. The summed E-state index contributed by atoms with van der Waals surface area (Å²) in [7, 11) is 0. The fourth-order valence-electron chi connectivity index (χ4n) is 3.58. The van der Waals surface area contributed by atoms with E-state index in [9.17, 15) is 0 Å². The first-order chi connectivity index (χ1) is 8.17. The Hall–Kier alpha value is -1.02. The van der Waals surface area contributed by atoms with Crippen molar-refractivity contribution in [2.24, 2.45) is 23.2 Å². The predicted molar refractivity (Wildman–Crippen MR) is 66.7 cm³/mol. The van der Waals surface area contributed by atoms with Gasteiger partial charge in [-0.15, -0.1) is 0 Å². The van der Waals surface area contributed by atoms with Crippen LogP contribution in [0.5, 0.6) is 0 Å². The first kappa shape index (κ1) is 12.4. The summed E-state index contributed by atoms with van der Waals surface area (Å²) >= 11 is 0. The van der Waals surface area contributed by atoms with Crippen LogP contribution in [-0.2, 0) is 0 Å². The summed E-state index contributed by atoms with van der Waals surface area (Å²) < 4.78 is 0. The topological polar surface area (TPSA) is 47.6 Å². The molecule has 2 rings (SSSR count). The van der Waals surface area contributed by atoms with Crippen LogP contribution in [-0.4, -0.2) is 0 Å². The summed E-state index contributed by atoms with van der Waals surface area (Å²) in [5.74, 6) is 1.98. The normalized spacial score (nSPS) is 42.4. The minimum atomic E-state index is -0.0552. The van der Waals surface area contributed by atoms with Crippen LogP contribution >= 0.6 is 0 Å². The van der Waals surface area contributed by atoms with Gasteiger partial charge in [0, 0.05) is 5.92 Å². The summed E-state index contributed by atoms with van der Waals surface area (Å²) in [5.41, 5.74) is -0.0552. The van der Waals surface area contributed by atoms with Crippen LogP contribution in [0.4, 0.5) is 0 Å². The molecule has 2 saturated carbocycles. The van der Waals surface area contributed by atoms with Gasteiger partial charge in [0.25, 0.3) is 0 Å². The van der Waals surface area contributed by atoms with Gasteiger partial charge in [0.05, 0.1) is 17.6 Å². The molecule has 0 atom stereocenters. The van der Waals surface area contributed by atoms with Gasteiger partial charge < -0.3 is 0 Å². The quantitative estimate of drug-likeness (QED) is 0.682. The minimum absolute atomic E-state index is 0.0552. The van der Waals surface area contributed by atoms with Gasteiger partial charge in [0.1, 0.15) is 0 Å². The van der Waals surface area contributed by atoms with Crippen LogP contribution < -0.4 is 0 Å². The standard InChI is InChI=1S/C15H22N2/c1-15(11-17)8-6-14(7-9-15)13-4-2-12(10-16)3-5-13/h12-14H,2-9H2,1H3. The van der Waals surface area contributed by atoms with Crippen LogP contribution in [0.25, 0.3) is 0 Å². The molecule has 2 fully saturated rings. The van der Waals surface area contributed by atoms with E-state index >= 15 is 0 Å². The zero-order valence-corrected chi connectivity index (χ0v) is 10.8. The van der Waals surface area contributed by atoms with Crippen molar-refractivity contribution < 1.29 is 0 Å². The van der Waals surface area contributed by atoms with Crippen molar-refractivity contribution >= 4 is 0 Å². The van der Waals surface area contributed by atoms with Crippen molar-refractivity contribution in [3.63, 3.8) is 0 Å². The number of nitriles is 2. The molecule has 0 aromatic heterocycles. The molecule has 17 heavy (non-hydrogen) atoms. The first-order valence-corrected chi connectivity index (χ1v) is 6.98. The highest BCUT2D eigenvalue weighted by Gasteiger charge is 2.35. The van der Waals surface area contributed by atoms with Crippen LogP contribution in [0.15, 0.2) is 0 Å². The van der Waals surface area contributed by atoms with Gasteiger partial charge in [0.15, 0.2) is 0 Å². The summed E-state index contributed by atoms with van der Waals surface area (Å²) in [5, 5.41) is 18.0. The molecule has 0 amide bonds. The van der Waals surface area contributed by atoms with Crippen LogP contribution in [0, 0.1) is 45.8 Å². The Labute approximate surface area is 105 Å². The molecule has 0 aromatic rings. The fraction of sp³-hybridized carbons (Fsp3) is 0.867. The number of nitrogens with zero attached hydrogens (tertiary/aromatic N) is 2. The first-order valence-electron chi connectivity index (χ1n) is 6.98. The van der Waals surface area contributed by atoms with Crippen molar-refractivity contribution in [3.05, 3.63) is 0 Å². The Morgan fingerprint density at radius 3 is 1.88 bits per heavy atom. The largest absolute Gasteiger partial charge is 0.198 e. The smallest absolute Gasteiger partial charge is 0.0686 e. The molecule has 2 heteroatoms. The molecule has 0 radical (unpaired) electrons. The van der Waals surface area contributed by atoms with Gasteiger partial charge in [-0.3, -0.25) is 0 Å². The molecule has 0 spiro atoms. The summed E-state index contributed by atoms with van der Waals surface area (Å²) in [6.07, 6.45) is 9.30. The lowest BCUT2D eigenvalue weighted by Gasteiger charge is -2.38. The van der Waals surface area contributed by atoms with E-state index < -0.39 is 0 Å². The number of hydrogen-bond donors (Lipinski definition) is 0. The van der Waals surface area contributed by atoms with Gasteiger partial charge in [-0.05, 0) is 70.1 Å². The molecule has 0 heterocycles.